The molecule has 0 fully saturated rings. The number of hydrogen-bond acceptors (Lipinski definition) is 3. The smallest absolute Gasteiger partial charge is 0.130 e. The van der Waals surface area contributed by atoms with E-state index in [2.05, 4.69) is 16.9 Å². The normalized spacial score (nSPS) is 8.53. The maximum absolute atomic E-state index is 9.44. The van der Waals surface area contributed by atoms with E-state index in [4.69, 9.17) is 0 Å². The largest absolute Gasteiger partial charge is 0.345 e. The van der Waals surface area contributed by atoms with Gasteiger partial charge in [-0.25, -0.2) is 4.98 Å². The second kappa shape index (κ2) is 6.76. The predicted molar refractivity (Wildman–Crippen MR) is 63.8 cm³/mol. The first kappa shape index (κ1) is 13.4. The molecule has 0 aliphatic heterocycles. The van der Waals surface area contributed by atoms with Crippen molar-refractivity contribution in [1.82, 2.24) is 4.98 Å². The molecule has 1 heterocycles. The number of aromatic nitrogens is 1. The highest BCUT2D eigenvalue weighted by atomic mass is 16.1. The highest BCUT2D eigenvalue weighted by Gasteiger charge is 1.91. The molecule has 1 aromatic heterocycles. The molecule has 0 aromatic carbocycles. The summed E-state index contributed by atoms with van der Waals surface area (Å²) in [6, 6.07) is 5.85. The maximum atomic E-state index is 9.44. The van der Waals surface area contributed by atoms with Gasteiger partial charge < -0.3 is 10.1 Å². The fourth-order valence-electron chi connectivity index (χ4n) is 0.831. The summed E-state index contributed by atoms with van der Waals surface area (Å²) >= 11 is 0. The van der Waals surface area contributed by atoms with Crippen molar-refractivity contribution in [3.05, 3.63) is 36.2 Å². The van der Waals surface area contributed by atoms with Crippen LogP contribution in [0.25, 0.3) is 0 Å². The van der Waals surface area contributed by atoms with E-state index in [1.165, 1.54) is 13.8 Å². The van der Waals surface area contributed by atoms with Gasteiger partial charge in [0.25, 0.3) is 0 Å². The minimum Gasteiger partial charge on any atom is -0.345 e. The molecule has 1 aromatic rings. The third-order valence-corrected chi connectivity index (χ3v) is 1.23. The topological polar surface area (TPSA) is 42.0 Å². The molecular weight excluding hydrogens is 188 g/mol. The summed E-state index contributed by atoms with van der Waals surface area (Å²) in [6.07, 6.45) is 0. The number of carbonyl (C=O) groups is 1. The van der Waals surface area contributed by atoms with Crippen LogP contribution in [0.4, 0.5) is 5.82 Å². The van der Waals surface area contributed by atoms with Gasteiger partial charge in [0.05, 0.1) is 0 Å². The Hall–Kier alpha value is -1.64. The summed E-state index contributed by atoms with van der Waals surface area (Å²) in [5, 5.41) is 3.04. The van der Waals surface area contributed by atoms with Crippen LogP contribution >= 0.6 is 0 Å². The Labute approximate surface area is 91.2 Å². The number of allylic oxidation sites excluding steroid dienone is 1. The standard InChI is InChI=1S/C9H12N2.C3H6O/c1-7(2)10-9-6-4-5-8(3)11-9;1-3(2)4/h4-6H,1H2,2-3H3,(H,10,11);1-2H3. The molecule has 3 nitrogen and oxygen atoms in total. The highest BCUT2D eigenvalue weighted by molar-refractivity contribution is 5.72. The van der Waals surface area contributed by atoms with Crippen molar-refractivity contribution in [3.8, 4) is 0 Å². The van der Waals surface area contributed by atoms with Crippen molar-refractivity contribution >= 4 is 11.6 Å². The number of nitrogens with zero attached hydrogens (tertiary/aromatic N) is 1. The Kier molecular flexibility index (Phi) is 6.02. The first-order valence-corrected chi connectivity index (χ1v) is 4.75. The molecule has 0 saturated carbocycles. The summed E-state index contributed by atoms with van der Waals surface area (Å²) in [4.78, 5) is 13.7. The average molecular weight is 206 g/mol. The lowest BCUT2D eigenvalue weighted by Gasteiger charge is -2.03. The second-order valence-corrected chi connectivity index (χ2v) is 3.48. The number of pyridine rings is 1. The van der Waals surface area contributed by atoms with Crippen LogP contribution in [0.15, 0.2) is 30.5 Å². The van der Waals surface area contributed by atoms with Gasteiger partial charge in [-0.1, -0.05) is 12.6 Å². The minimum absolute atomic E-state index is 0.167. The van der Waals surface area contributed by atoms with E-state index in [0.717, 1.165) is 17.2 Å². The van der Waals surface area contributed by atoms with Crippen molar-refractivity contribution in [2.75, 3.05) is 5.32 Å². The van der Waals surface area contributed by atoms with Crippen molar-refractivity contribution in [1.29, 1.82) is 0 Å². The van der Waals surface area contributed by atoms with Crippen LogP contribution in [-0.4, -0.2) is 10.8 Å². The number of nitrogens with one attached hydrogen (secondary N) is 1. The summed E-state index contributed by atoms with van der Waals surface area (Å²) in [5.41, 5.74) is 1.92. The monoisotopic (exact) mass is 206 g/mol. The third-order valence-electron chi connectivity index (χ3n) is 1.23. The zero-order chi connectivity index (χ0) is 11.8. The number of anilines is 1. The van der Waals surface area contributed by atoms with Crippen molar-refractivity contribution in [2.45, 2.75) is 27.7 Å². The number of aryl methyl sites for hydroxylation is 1. The molecule has 0 unspecified atom stereocenters. The van der Waals surface area contributed by atoms with E-state index in [1.54, 1.807) is 0 Å². The number of ketones is 1. The van der Waals surface area contributed by atoms with Crippen molar-refractivity contribution in [2.24, 2.45) is 0 Å². The van der Waals surface area contributed by atoms with Gasteiger partial charge in [-0.2, -0.15) is 0 Å². The Balaban J connectivity index is 0.000000423. The van der Waals surface area contributed by atoms with Crippen molar-refractivity contribution in [3.63, 3.8) is 0 Å². The van der Waals surface area contributed by atoms with Gasteiger partial charge in [0, 0.05) is 11.4 Å². The first-order valence-electron chi connectivity index (χ1n) is 4.75. The van der Waals surface area contributed by atoms with Gasteiger partial charge in [-0.3, -0.25) is 0 Å². The summed E-state index contributed by atoms with van der Waals surface area (Å²) in [7, 11) is 0. The van der Waals surface area contributed by atoms with Gasteiger partial charge in [-0.05, 0) is 39.8 Å². The van der Waals surface area contributed by atoms with Crippen LogP contribution < -0.4 is 5.32 Å². The zero-order valence-corrected chi connectivity index (χ0v) is 9.79. The van der Waals surface area contributed by atoms with Crippen LogP contribution in [0.3, 0.4) is 0 Å². The Morgan fingerprint density at radius 1 is 1.33 bits per heavy atom. The van der Waals surface area contributed by atoms with Crippen LogP contribution in [0.2, 0.25) is 0 Å². The number of rotatable bonds is 2. The van der Waals surface area contributed by atoms with Gasteiger partial charge >= 0.3 is 0 Å². The summed E-state index contributed by atoms with van der Waals surface area (Å²) in [5.74, 6) is 1.03. The van der Waals surface area contributed by atoms with Gasteiger partial charge in [0.1, 0.15) is 11.6 Å². The van der Waals surface area contributed by atoms with E-state index >= 15 is 0 Å². The first-order chi connectivity index (χ1) is 6.91. The molecule has 0 atom stereocenters. The number of carbonyl (C=O) groups excluding carboxylic acids is 1. The minimum atomic E-state index is 0.167. The molecule has 1 N–H and O–H groups in total. The lowest BCUT2D eigenvalue weighted by Crippen LogP contribution is -1.96. The van der Waals surface area contributed by atoms with Crippen LogP contribution in [-0.2, 0) is 4.79 Å². The Morgan fingerprint density at radius 2 is 1.87 bits per heavy atom. The van der Waals surface area contributed by atoms with E-state index in [1.807, 2.05) is 32.0 Å². The van der Waals surface area contributed by atoms with E-state index in [0.29, 0.717) is 0 Å². The molecule has 82 valence electrons. The lowest BCUT2D eigenvalue weighted by molar-refractivity contribution is -0.114. The molecule has 0 radical (unpaired) electrons. The fourth-order valence-corrected chi connectivity index (χ4v) is 0.831. The molecule has 0 aliphatic carbocycles. The van der Waals surface area contributed by atoms with Crippen LogP contribution in [0.1, 0.15) is 26.5 Å². The lowest BCUT2D eigenvalue weighted by atomic mass is 10.3. The summed E-state index contributed by atoms with van der Waals surface area (Å²) in [6.45, 7) is 10.7. The molecule has 3 heteroatoms. The molecular formula is C12H18N2O. The number of Topliss-reactive ketones (excluding diaryl/α,β-unsaturated/α-hetero) is 1. The van der Waals surface area contributed by atoms with Gasteiger partial charge in [-0.15, -0.1) is 0 Å². The predicted octanol–water partition coefficient (Wildman–Crippen LogP) is 2.93. The molecule has 0 bridgehead atoms. The van der Waals surface area contributed by atoms with E-state index in [9.17, 15) is 4.79 Å². The van der Waals surface area contributed by atoms with Gasteiger partial charge in [0.2, 0.25) is 0 Å². The third kappa shape index (κ3) is 8.68. The van der Waals surface area contributed by atoms with E-state index in [-0.39, 0.29) is 5.78 Å². The maximum Gasteiger partial charge on any atom is 0.130 e. The molecule has 0 aliphatic rings. The molecule has 15 heavy (non-hydrogen) atoms. The molecule has 0 saturated heterocycles. The Morgan fingerprint density at radius 3 is 2.27 bits per heavy atom. The molecule has 0 amide bonds. The van der Waals surface area contributed by atoms with E-state index < -0.39 is 0 Å². The number of hydrogen-bond donors (Lipinski definition) is 1. The SMILES string of the molecule is C=C(C)Nc1cccc(C)n1.CC(C)=O. The summed E-state index contributed by atoms with van der Waals surface area (Å²) < 4.78 is 0. The highest BCUT2D eigenvalue weighted by Crippen LogP contribution is 2.05. The average Bonchev–Trinajstić information content (AvgIpc) is 2.00. The van der Waals surface area contributed by atoms with Crippen LogP contribution in [0.5, 0.6) is 0 Å². The Bertz CT molecular complexity index is 341. The van der Waals surface area contributed by atoms with Crippen LogP contribution in [0, 0.1) is 6.92 Å². The zero-order valence-electron chi connectivity index (χ0n) is 9.79. The van der Waals surface area contributed by atoms with Gasteiger partial charge in [0.15, 0.2) is 0 Å². The quantitative estimate of drug-likeness (QED) is 0.809. The molecule has 0 spiro atoms. The second-order valence-electron chi connectivity index (χ2n) is 3.48. The molecule has 1 rings (SSSR count). The van der Waals surface area contributed by atoms with Crippen molar-refractivity contribution < 1.29 is 4.79 Å². The fraction of sp³-hybridized carbons (Fsp3) is 0.333.